The van der Waals surface area contributed by atoms with Crippen LogP contribution in [0.2, 0.25) is 0 Å². The van der Waals surface area contributed by atoms with Gasteiger partial charge in [-0.25, -0.2) is 0 Å². The molecule has 0 unspecified atom stereocenters. The van der Waals surface area contributed by atoms with Gasteiger partial charge in [0.15, 0.2) is 0 Å². The summed E-state index contributed by atoms with van der Waals surface area (Å²) in [5.41, 5.74) is 9.68. The lowest BCUT2D eigenvalue weighted by atomic mass is 9.99. The molecule has 86 valence electrons. The van der Waals surface area contributed by atoms with Crippen LogP contribution in [-0.2, 0) is 4.79 Å². The van der Waals surface area contributed by atoms with Crippen molar-refractivity contribution in [3.63, 3.8) is 0 Å². The van der Waals surface area contributed by atoms with Crippen molar-refractivity contribution in [2.75, 3.05) is 6.54 Å². The number of carboxylic acids is 1. The standard InChI is InChI=1S/C10H19N3O2/c1-8(11)13-7-5-3-4-6-10(2,12)9(14)15/h3-4H,5-7,12H2,1-2H3,(H2,11,13)(H,14,15)/b4-3+/t10-/m0/s1. The van der Waals surface area contributed by atoms with Crippen molar-refractivity contribution in [3.8, 4) is 0 Å². The zero-order chi connectivity index (χ0) is 11.9. The fourth-order valence-electron chi connectivity index (χ4n) is 0.849. The van der Waals surface area contributed by atoms with Crippen molar-refractivity contribution in [2.24, 2.45) is 16.5 Å². The lowest BCUT2D eigenvalue weighted by Crippen LogP contribution is -2.44. The average molecular weight is 213 g/mol. The Balaban J connectivity index is 3.81. The summed E-state index contributed by atoms with van der Waals surface area (Å²) in [6.45, 7) is 3.83. The van der Waals surface area contributed by atoms with Gasteiger partial charge in [0.2, 0.25) is 0 Å². The lowest BCUT2D eigenvalue weighted by Gasteiger charge is -2.15. The van der Waals surface area contributed by atoms with E-state index in [-0.39, 0.29) is 0 Å². The molecule has 0 aliphatic heterocycles. The van der Waals surface area contributed by atoms with E-state index in [1.807, 2.05) is 6.08 Å². The zero-order valence-electron chi connectivity index (χ0n) is 9.23. The number of hydrogen-bond donors (Lipinski definition) is 3. The number of carboxylic acid groups (broad SMARTS) is 1. The number of aliphatic carboxylic acids is 1. The molecular formula is C10H19N3O2. The molecule has 0 saturated heterocycles. The first-order valence-electron chi connectivity index (χ1n) is 4.80. The highest BCUT2D eigenvalue weighted by atomic mass is 16.4. The van der Waals surface area contributed by atoms with Crippen LogP contribution in [0.25, 0.3) is 0 Å². The Morgan fingerprint density at radius 1 is 1.53 bits per heavy atom. The minimum absolute atomic E-state index is 0.313. The summed E-state index contributed by atoms with van der Waals surface area (Å²) in [5.74, 6) is -0.444. The Bertz CT molecular complexity index is 266. The molecule has 15 heavy (non-hydrogen) atoms. The van der Waals surface area contributed by atoms with E-state index in [0.717, 1.165) is 6.42 Å². The largest absolute Gasteiger partial charge is 0.480 e. The minimum Gasteiger partial charge on any atom is -0.480 e. The second kappa shape index (κ2) is 6.19. The van der Waals surface area contributed by atoms with E-state index in [0.29, 0.717) is 18.8 Å². The summed E-state index contributed by atoms with van der Waals surface area (Å²) < 4.78 is 0. The Hall–Kier alpha value is -1.36. The summed E-state index contributed by atoms with van der Waals surface area (Å²) >= 11 is 0. The van der Waals surface area contributed by atoms with E-state index in [1.54, 1.807) is 13.0 Å². The summed E-state index contributed by atoms with van der Waals surface area (Å²) in [6.07, 6.45) is 4.67. The molecule has 1 atom stereocenters. The van der Waals surface area contributed by atoms with Crippen LogP contribution >= 0.6 is 0 Å². The van der Waals surface area contributed by atoms with E-state index in [1.165, 1.54) is 6.92 Å². The van der Waals surface area contributed by atoms with Crippen molar-refractivity contribution >= 4 is 11.8 Å². The van der Waals surface area contributed by atoms with Crippen LogP contribution in [0.5, 0.6) is 0 Å². The van der Waals surface area contributed by atoms with Gasteiger partial charge in [-0.2, -0.15) is 0 Å². The van der Waals surface area contributed by atoms with Crippen LogP contribution in [0.15, 0.2) is 17.1 Å². The molecule has 0 bridgehead atoms. The molecule has 0 amide bonds. The van der Waals surface area contributed by atoms with Gasteiger partial charge in [-0.3, -0.25) is 9.79 Å². The molecule has 0 radical (unpaired) electrons. The fraction of sp³-hybridized carbons (Fsp3) is 0.600. The molecule has 5 N–H and O–H groups in total. The molecule has 0 saturated carbocycles. The normalized spacial score (nSPS) is 16.6. The maximum Gasteiger partial charge on any atom is 0.323 e. The van der Waals surface area contributed by atoms with Gasteiger partial charge in [0.05, 0.1) is 5.84 Å². The third-order valence-corrected chi connectivity index (χ3v) is 1.85. The molecule has 0 aliphatic rings. The number of aliphatic imine (C=N–C) groups is 1. The molecule has 0 rings (SSSR count). The first-order valence-corrected chi connectivity index (χ1v) is 4.80. The number of rotatable bonds is 6. The predicted octanol–water partition coefficient (Wildman–Crippen LogP) is 0.502. The highest BCUT2D eigenvalue weighted by Gasteiger charge is 2.25. The van der Waals surface area contributed by atoms with Crippen LogP contribution in [-0.4, -0.2) is 29.0 Å². The molecule has 0 aromatic carbocycles. The lowest BCUT2D eigenvalue weighted by molar-refractivity contribution is -0.142. The van der Waals surface area contributed by atoms with Crippen molar-refractivity contribution in [3.05, 3.63) is 12.2 Å². The highest BCUT2D eigenvalue weighted by Crippen LogP contribution is 2.06. The SMILES string of the molecule is CC(N)=NCC/C=C/C[C@](C)(N)C(=O)O. The Labute approximate surface area is 89.9 Å². The molecule has 0 spiro atoms. The summed E-state index contributed by atoms with van der Waals surface area (Å²) in [6, 6.07) is 0. The number of nitrogens with two attached hydrogens (primary N) is 2. The number of amidine groups is 1. The van der Waals surface area contributed by atoms with Crippen molar-refractivity contribution in [1.82, 2.24) is 0 Å². The van der Waals surface area contributed by atoms with Crippen molar-refractivity contribution in [2.45, 2.75) is 32.2 Å². The highest BCUT2D eigenvalue weighted by molar-refractivity contribution is 5.78. The van der Waals surface area contributed by atoms with Crippen LogP contribution in [0, 0.1) is 0 Å². The minimum atomic E-state index is -1.19. The van der Waals surface area contributed by atoms with Gasteiger partial charge in [0, 0.05) is 6.54 Å². The van der Waals surface area contributed by atoms with Gasteiger partial charge in [-0.1, -0.05) is 12.2 Å². The van der Waals surface area contributed by atoms with Gasteiger partial charge >= 0.3 is 5.97 Å². The fourth-order valence-corrected chi connectivity index (χ4v) is 0.849. The van der Waals surface area contributed by atoms with Gasteiger partial charge in [0.25, 0.3) is 0 Å². The third kappa shape index (κ3) is 6.68. The smallest absolute Gasteiger partial charge is 0.323 e. The van der Waals surface area contributed by atoms with E-state index in [4.69, 9.17) is 16.6 Å². The van der Waals surface area contributed by atoms with Gasteiger partial charge in [0.1, 0.15) is 5.54 Å². The van der Waals surface area contributed by atoms with Crippen molar-refractivity contribution < 1.29 is 9.90 Å². The molecule has 0 heterocycles. The number of hydrogen-bond acceptors (Lipinski definition) is 3. The van der Waals surface area contributed by atoms with Crippen LogP contribution in [0.1, 0.15) is 26.7 Å². The molecule has 5 nitrogen and oxygen atoms in total. The second-order valence-corrected chi connectivity index (χ2v) is 3.71. The van der Waals surface area contributed by atoms with Crippen LogP contribution in [0.4, 0.5) is 0 Å². The van der Waals surface area contributed by atoms with E-state index < -0.39 is 11.5 Å². The maximum absolute atomic E-state index is 10.6. The van der Waals surface area contributed by atoms with Crippen molar-refractivity contribution in [1.29, 1.82) is 0 Å². The molecule has 0 aromatic rings. The molecule has 0 aliphatic carbocycles. The van der Waals surface area contributed by atoms with Gasteiger partial charge in [-0.05, 0) is 26.7 Å². The van der Waals surface area contributed by atoms with Crippen LogP contribution in [0.3, 0.4) is 0 Å². The number of carbonyl (C=O) groups is 1. The van der Waals surface area contributed by atoms with Gasteiger partial charge < -0.3 is 16.6 Å². The zero-order valence-corrected chi connectivity index (χ0v) is 9.23. The molecule has 0 fully saturated rings. The predicted molar refractivity (Wildman–Crippen MR) is 60.8 cm³/mol. The third-order valence-electron chi connectivity index (χ3n) is 1.85. The Morgan fingerprint density at radius 3 is 2.60 bits per heavy atom. The average Bonchev–Trinajstić information content (AvgIpc) is 2.10. The monoisotopic (exact) mass is 213 g/mol. The Morgan fingerprint density at radius 2 is 2.13 bits per heavy atom. The first-order chi connectivity index (χ1) is 6.86. The second-order valence-electron chi connectivity index (χ2n) is 3.71. The quantitative estimate of drug-likeness (QED) is 0.259. The van der Waals surface area contributed by atoms with Crippen LogP contribution < -0.4 is 11.5 Å². The maximum atomic E-state index is 10.6. The first kappa shape index (κ1) is 13.6. The Kier molecular flexibility index (Phi) is 5.62. The molecular weight excluding hydrogens is 194 g/mol. The summed E-state index contributed by atoms with van der Waals surface area (Å²) in [7, 11) is 0. The summed E-state index contributed by atoms with van der Waals surface area (Å²) in [5, 5.41) is 8.72. The molecule has 0 aromatic heterocycles. The van der Waals surface area contributed by atoms with Gasteiger partial charge in [-0.15, -0.1) is 0 Å². The topological polar surface area (TPSA) is 102 Å². The van der Waals surface area contributed by atoms with E-state index >= 15 is 0 Å². The van der Waals surface area contributed by atoms with E-state index in [2.05, 4.69) is 4.99 Å². The number of nitrogens with zero attached hydrogens (tertiary/aromatic N) is 1. The molecule has 5 heteroatoms. The van der Waals surface area contributed by atoms with E-state index in [9.17, 15) is 4.79 Å². The summed E-state index contributed by atoms with van der Waals surface area (Å²) in [4.78, 5) is 14.6.